The predicted octanol–water partition coefficient (Wildman–Crippen LogP) is 8.27. The molecule has 7 rings (SSSR count). The van der Waals surface area contributed by atoms with Gasteiger partial charge in [-0.15, -0.1) is 0 Å². The molecule has 7 aromatic carbocycles. The number of carbonyl (C=O) groups is 2. The minimum atomic E-state index is -0.522. The lowest BCUT2D eigenvalue weighted by atomic mass is 10.0. The van der Waals surface area contributed by atoms with Crippen LogP contribution in [0.15, 0.2) is 133 Å². The summed E-state index contributed by atoms with van der Waals surface area (Å²) in [7, 11) is 0. The Bertz CT molecular complexity index is 1960. The van der Waals surface area contributed by atoms with Crippen molar-refractivity contribution in [3.8, 4) is 23.0 Å². The highest BCUT2D eigenvalue weighted by molar-refractivity contribution is 6.11. The molecule has 0 heterocycles. The zero-order valence-corrected chi connectivity index (χ0v) is 23.6. The van der Waals surface area contributed by atoms with Gasteiger partial charge in [-0.2, -0.15) is 0 Å². The Morgan fingerprint density at radius 3 is 1.09 bits per heavy atom. The van der Waals surface area contributed by atoms with E-state index in [1.807, 2.05) is 121 Å². The lowest BCUT2D eigenvalue weighted by Crippen LogP contribution is -2.19. The average molecular weight is 579 g/mol. The highest BCUT2D eigenvalue weighted by atomic mass is 16.6. The van der Waals surface area contributed by atoms with Gasteiger partial charge in [-0.1, -0.05) is 121 Å². The molecule has 44 heavy (non-hydrogen) atoms. The van der Waals surface area contributed by atoms with E-state index in [1.165, 1.54) is 0 Å². The maximum absolute atomic E-state index is 13.0. The fourth-order valence-electron chi connectivity index (χ4n) is 5.50. The van der Waals surface area contributed by atoms with Gasteiger partial charge in [0.05, 0.1) is 0 Å². The quantitative estimate of drug-likeness (QED) is 0.103. The second-order valence-electron chi connectivity index (χ2n) is 10.2. The van der Waals surface area contributed by atoms with Crippen LogP contribution in [-0.2, 0) is 9.59 Å². The molecule has 0 aliphatic rings. The summed E-state index contributed by atoms with van der Waals surface area (Å²) in [6.07, 6.45) is 0. The second-order valence-corrected chi connectivity index (χ2v) is 10.2. The summed E-state index contributed by atoms with van der Waals surface area (Å²) < 4.78 is 23.7. The normalized spacial score (nSPS) is 11.1. The number of carbonyl (C=O) groups excluding carboxylic acids is 2. The third-order valence-electron chi connectivity index (χ3n) is 7.45. The largest absolute Gasteiger partial charge is 0.481 e. The van der Waals surface area contributed by atoms with Gasteiger partial charge in [0.2, 0.25) is 0 Å². The molecule has 0 spiro atoms. The van der Waals surface area contributed by atoms with Gasteiger partial charge in [0.15, 0.2) is 13.2 Å². The molecular formula is C38H26O6. The van der Waals surface area contributed by atoms with E-state index in [0.29, 0.717) is 23.0 Å². The standard InChI is InChI=1S/C38H26O6/c39-35(43-33-21-9-13-25-11-1-3-15-27(25)33)23-41-37-29-17-5-7-19-31(29)38(32-20-8-6-18-30(32)37)42-24-36(40)44-34-22-10-14-26-12-2-4-16-28(26)34/h1-22H,23-24H2. The molecule has 0 unspecified atom stereocenters. The lowest BCUT2D eigenvalue weighted by molar-refractivity contribution is -0.137. The van der Waals surface area contributed by atoms with Crippen molar-refractivity contribution in [1.29, 1.82) is 0 Å². The van der Waals surface area contributed by atoms with E-state index in [1.54, 1.807) is 12.1 Å². The van der Waals surface area contributed by atoms with Crippen molar-refractivity contribution in [2.75, 3.05) is 13.2 Å². The van der Waals surface area contributed by atoms with Gasteiger partial charge in [-0.05, 0) is 22.9 Å². The topological polar surface area (TPSA) is 71.1 Å². The molecule has 0 radical (unpaired) electrons. The molecule has 0 saturated carbocycles. The SMILES string of the molecule is O=C(COc1c2ccccc2c(OCC(=O)Oc2cccc3ccccc23)c2ccccc12)Oc1cccc2ccccc12. The number of hydrogen-bond donors (Lipinski definition) is 0. The van der Waals surface area contributed by atoms with Crippen LogP contribution in [0.1, 0.15) is 0 Å². The van der Waals surface area contributed by atoms with Crippen LogP contribution in [0.25, 0.3) is 43.1 Å². The van der Waals surface area contributed by atoms with E-state index >= 15 is 0 Å². The van der Waals surface area contributed by atoms with Gasteiger partial charge < -0.3 is 18.9 Å². The van der Waals surface area contributed by atoms with E-state index in [-0.39, 0.29) is 13.2 Å². The minimum Gasteiger partial charge on any atom is -0.481 e. The Labute approximate surface area is 253 Å². The van der Waals surface area contributed by atoms with Crippen LogP contribution >= 0.6 is 0 Å². The van der Waals surface area contributed by atoms with Crippen LogP contribution in [-0.4, -0.2) is 25.2 Å². The molecule has 0 fully saturated rings. The number of rotatable bonds is 8. The van der Waals surface area contributed by atoms with Crippen LogP contribution in [0.3, 0.4) is 0 Å². The number of ether oxygens (including phenoxy) is 4. The summed E-state index contributed by atoms with van der Waals surface area (Å²) in [6, 6.07) is 41.7. The van der Waals surface area contributed by atoms with Crippen LogP contribution in [0.4, 0.5) is 0 Å². The Hall–Kier alpha value is -5.88. The Balaban J connectivity index is 1.14. The van der Waals surface area contributed by atoms with Crippen molar-refractivity contribution in [2.45, 2.75) is 0 Å². The third-order valence-corrected chi connectivity index (χ3v) is 7.45. The zero-order valence-electron chi connectivity index (χ0n) is 23.6. The van der Waals surface area contributed by atoms with Gasteiger partial charge >= 0.3 is 11.9 Å². The van der Waals surface area contributed by atoms with E-state index < -0.39 is 11.9 Å². The molecule has 0 atom stereocenters. The van der Waals surface area contributed by atoms with Crippen LogP contribution in [0.5, 0.6) is 23.0 Å². The van der Waals surface area contributed by atoms with E-state index in [4.69, 9.17) is 18.9 Å². The lowest BCUT2D eigenvalue weighted by Gasteiger charge is -2.17. The van der Waals surface area contributed by atoms with Crippen molar-refractivity contribution in [3.63, 3.8) is 0 Å². The van der Waals surface area contributed by atoms with Gasteiger partial charge in [-0.3, -0.25) is 0 Å². The van der Waals surface area contributed by atoms with Crippen molar-refractivity contribution in [3.05, 3.63) is 133 Å². The maximum Gasteiger partial charge on any atom is 0.349 e. The van der Waals surface area contributed by atoms with Crippen molar-refractivity contribution >= 4 is 55.0 Å². The molecular weight excluding hydrogens is 552 g/mol. The summed E-state index contributed by atoms with van der Waals surface area (Å²) in [6.45, 7) is -0.594. The smallest absolute Gasteiger partial charge is 0.349 e. The Morgan fingerprint density at radius 1 is 0.386 bits per heavy atom. The summed E-state index contributed by atoms with van der Waals surface area (Å²) in [4.78, 5) is 25.9. The molecule has 0 aromatic heterocycles. The van der Waals surface area contributed by atoms with Crippen LogP contribution in [0, 0.1) is 0 Å². The van der Waals surface area contributed by atoms with Crippen LogP contribution < -0.4 is 18.9 Å². The van der Waals surface area contributed by atoms with Gasteiger partial charge in [0, 0.05) is 32.3 Å². The molecule has 214 valence electrons. The first-order chi connectivity index (χ1) is 21.7. The maximum atomic E-state index is 13.0. The molecule has 0 N–H and O–H groups in total. The van der Waals surface area contributed by atoms with E-state index in [0.717, 1.165) is 43.1 Å². The molecule has 6 nitrogen and oxygen atoms in total. The fourth-order valence-corrected chi connectivity index (χ4v) is 5.50. The molecule has 0 aliphatic heterocycles. The number of benzene rings is 7. The third kappa shape index (κ3) is 5.25. The summed E-state index contributed by atoms with van der Waals surface area (Å²) in [5.41, 5.74) is 0. The zero-order chi connectivity index (χ0) is 29.9. The monoisotopic (exact) mass is 578 g/mol. The first kappa shape index (κ1) is 27.0. The number of fused-ring (bicyclic) bond motifs is 4. The van der Waals surface area contributed by atoms with Crippen molar-refractivity contribution in [2.24, 2.45) is 0 Å². The Kier molecular flexibility index (Phi) is 7.22. The summed E-state index contributed by atoms with van der Waals surface area (Å²) in [5.74, 6) is 0.960. The molecule has 6 heteroatoms. The first-order valence-corrected chi connectivity index (χ1v) is 14.2. The molecule has 7 aromatic rings. The second kappa shape index (κ2) is 11.8. The van der Waals surface area contributed by atoms with Crippen molar-refractivity contribution < 1.29 is 28.5 Å². The van der Waals surface area contributed by atoms with Gasteiger partial charge in [0.25, 0.3) is 0 Å². The number of esters is 2. The summed E-state index contributed by atoms with van der Waals surface area (Å²) in [5, 5.41) is 6.60. The summed E-state index contributed by atoms with van der Waals surface area (Å²) >= 11 is 0. The number of hydrogen-bond acceptors (Lipinski definition) is 6. The first-order valence-electron chi connectivity index (χ1n) is 14.2. The molecule has 0 saturated heterocycles. The highest BCUT2D eigenvalue weighted by Crippen LogP contribution is 2.42. The van der Waals surface area contributed by atoms with Crippen molar-refractivity contribution in [1.82, 2.24) is 0 Å². The van der Waals surface area contributed by atoms with Crippen LogP contribution in [0.2, 0.25) is 0 Å². The average Bonchev–Trinajstić information content (AvgIpc) is 3.06. The highest BCUT2D eigenvalue weighted by Gasteiger charge is 2.19. The van der Waals surface area contributed by atoms with E-state index in [9.17, 15) is 9.59 Å². The molecule has 0 aliphatic carbocycles. The Morgan fingerprint density at radius 2 is 0.705 bits per heavy atom. The van der Waals surface area contributed by atoms with E-state index in [2.05, 4.69) is 0 Å². The minimum absolute atomic E-state index is 0.297. The fraction of sp³-hybridized carbons (Fsp3) is 0.0526. The van der Waals surface area contributed by atoms with Gasteiger partial charge in [-0.25, -0.2) is 9.59 Å². The van der Waals surface area contributed by atoms with Gasteiger partial charge in [0.1, 0.15) is 23.0 Å². The molecule has 0 amide bonds. The predicted molar refractivity (Wildman–Crippen MR) is 172 cm³/mol. The molecule has 0 bridgehead atoms.